The molecule has 0 aliphatic rings. The average molecular weight is 335 g/mol. The fourth-order valence-electron chi connectivity index (χ4n) is 2.13. The number of carbonyl (C=O) groups is 1. The molecule has 0 saturated heterocycles. The number of aryl methyl sites for hydroxylation is 3. The number of nitrogens with zero attached hydrogens (tertiary/aromatic N) is 1. The van der Waals surface area contributed by atoms with Crippen molar-refractivity contribution in [3.63, 3.8) is 0 Å². The number of hydrazone groups is 1. The third kappa shape index (κ3) is 4.60. The number of aliphatic carboxylic acids is 1. The van der Waals surface area contributed by atoms with Gasteiger partial charge in [0.05, 0.1) is 17.8 Å². The molecule has 2 rings (SSSR count). The third-order valence-electron chi connectivity index (χ3n) is 3.47. The predicted molar refractivity (Wildman–Crippen MR) is 91.4 cm³/mol. The highest BCUT2D eigenvalue weighted by Gasteiger charge is 2.11. The SMILES string of the molecule is C/C(=N/Nc1ccc(C)c(Cl)c1)c1cc(CCC(=O)O)oc1C. The zero-order chi connectivity index (χ0) is 17.0. The van der Waals surface area contributed by atoms with E-state index in [-0.39, 0.29) is 6.42 Å². The second kappa shape index (κ2) is 7.33. The maximum absolute atomic E-state index is 10.6. The molecule has 2 N–H and O–H groups in total. The first-order valence-corrected chi connectivity index (χ1v) is 7.62. The van der Waals surface area contributed by atoms with Crippen LogP contribution in [0.25, 0.3) is 0 Å². The van der Waals surface area contributed by atoms with Crippen LogP contribution in [0.15, 0.2) is 33.8 Å². The van der Waals surface area contributed by atoms with E-state index in [1.165, 1.54) is 0 Å². The van der Waals surface area contributed by atoms with Gasteiger partial charge in [-0.05, 0) is 44.5 Å². The first kappa shape index (κ1) is 17.1. The number of furan rings is 1. The van der Waals surface area contributed by atoms with Gasteiger partial charge in [0, 0.05) is 17.0 Å². The number of anilines is 1. The summed E-state index contributed by atoms with van der Waals surface area (Å²) in [5.41, 5.74) is 6.38. The molecule has 0 bridgehead atoms. The lowest BCUT2D eigenvalue weighted by atomic mass is 10.1. The summed E-state index contributed by atoms with van der Waals surface area (Å²) in [7, 11) is 0. The Bertz CT molecular complexity index is 750. The molecule has 1 heterocycles. The van der Waals surface area contributed by atoms with Gasteiger partial charge >= 0.3 is 5.97 Å². The van der Waals surface area contributed by atoms with Crippen molar-refractivity contribution in [2.75, 3.05) is 5.43 Å². The Balaban J connectivity index is 2.11. The van der Waals surface area contributed by atoms with Crippen LogP contribution in [0.2, 0.25) is 5.02 Å². The lowest BCUT2D eigenvalue weighted by molar-refractivity contribution is -0.137. The van der Waals surface area contributed by atoms with Crippen molar-refractivity contribution in [1.29, 1.82) is 0 Å². The van der Waals surface area contributed by atoms with Crippen molar-refractivity contribution in [3.05, 3.63) is 51.9 Å². The molecule has 0 spiro atoms. The van der Waals surface area contributed by atoms with E-state index in [9.17, 15) is 4.79 Å². The average Bonchev–Trinajstić information content (AvgIpc) is 2.87. The van der Waals surface area contributed by atoms with Crippen molar-refractivity contribution in [3.8, 4) is 0 Å². The summed E-state index contributed by atoms with van der Waals surface area (Å²) in [5.74, 6) is 0.520. The predicted octanol–water partition coefficient (Wildman–Crippen LogP) is 4.40. The fourth-order valence-corrected chi connectivity index (χ4v) is 2.31. The summed E-state index contributed by atoms with van der Waals surface area (Å²) in [4.78, 5) is 10.6. The molecule has 23 heavy (non-hydrogen) atoms. The summed E-state index contributed by atoms with van der Waals surface area (Å²) in [6.45, 7) is 5.64. The van der Waals surface area contributed by atoms with Gasteiger partial charge in [-0.25, -0.2) is 0 Å². The summed E-state index contributed by atoms with van der Waals surface area (Å²) < 4.78 is 5.58. The molecule has 0 saturated carbocycles. The van der Waals surface area contributed by atoms with Gasteiger partial charge in [0.2, 0.25) is 0 Å². The summed E-state index contributed by atoms with van der Waals surface area (Å²) in [6.07, 6.45) is 0.410. The van der Waals surface area contributed by atoms with Gasteiger partial charge < -0.3 is 9.52 Å². The number of carboxylic acid groups (broad SMARTS) is 1. The molecule has 6 heteroatoms. The summed E-state index contributed by atoms with van der Waals surface area (Å²) in [5, 5.41) is 13.7. The second-order valence-corrected chi connectivity index (χ2v) is 5.76. The number of hydrogen-bond donors (Lipinski definition) is 2. The first-order chi connectivity index (χ1) is 10.9. The maximum Gasteiger partial charge on any atom is 0.303 e. The van der Waals surface area contributed by atoms with Crippen LogP contribution in [0, 0.1) is 13.8 Å². The molecule has 5 nitrogen and oxygen atoms in total. The third-order valence-corrected chi connectivity index (χ3v) is 3.88. The Labute approximate surface area is 140 Å². The van der Waals surface area contributed by atoms with E-state index in [0.29, 0.717) is 17.2 Å². The molecule has 0 atom stereocenters. The second-order valence-electron chi connectivity index (χ2n) is 5.35. The zero-order valence-electron chi connectivity index (χ0n) is 13.3. The van der Waals surface area contributed by atoms with Gasteiger partial charge in [-0.15, -0.1) is 0 Å². The number of rotatable bonds is 6. The van der Waals surface area contributed by atoms with Crippen LogP contribution >= 0.6 is 11.6 Å². The molecule has 1 aromatic carbocycles. The minimum atomic E-state index is -0.844. The molecule has 0 radical (unpaired) electrons. The molecular formula is C17H19ClN2O3. The van der Waals surface area contributed by atoms with E-state index in [0.717, 1.165) is 28.3 Å². The Kier molecular flexibility index (Phi) is 5.45. The van der Waals surface area contributed by atoms with Crippen molar-refractivity contribution in [2.24, 2.45) is 5.10 Å². The van der Waals surface area contributed by atoms with Crippen LogP contribution in [-0.4, -0.2) is 16.8 Å². The molecular weight excluding hydrogens is 316 g/mol. The van der Waals surface area contributed by atoms with Gasteiger partial charge in [0.15, 0.2) is 0 Å². The van der Waals surface area contributed by atoms with Gasteiger partial charge in [0.25, 0.3) is 0 Å². The molecule has 0 amide bonds. The molecule has 122 valence electrons. The van der Waals surface area contributed by atoms with Gasteiger partial charge in [0.1, 0.15) is 11.5 Å². The van der Waals surface area contributed by atoms with E-state index < -0.39 is 5.97 Å². The Morgan fingerprint density at radius 1 is 1.35 bits per heavy atom. The van der Waals surface area contributed by atoms with Gasteiger partial charge in [-0.3, -0.25) is 10.2 Å². The number of benzene rings is 1. The number of hydrogen-bond acceptors (Lipinski definition) is 4. The van der Waals surface area contributed by atoms with Gasteiger partial charge in [-0.1, -0.05) is 17.7 Å². The molecule has 1 aromatic heterocycles. The van der Waals surface area contributed by atoms with Crippen LogP contribution in [0.4, 0.5) is 5.69 Å². The standard InChI is InChI=1S/C17H19ClN2O3/c1-10-4-5-13(8-16(10)18)20-19-11(2)15-9-14(23-12(15)3)6-7-17(21)22/h4-5,8-9,20H,6-7H2,1-3H3,(H,21,22)/b19-11-. The summed E-state index contributed by atoms with van der Waals surface area (Å²) >= 11 is 6.08. The minimum absolute atomic E-state index is 0.0443. The lowest BCUT2D eigenvalue weighted by Crippen LogP contribution is -2.00. The monoisotopic (exact) mass is 334 g/mol. The number of carboxylic acids is 1. The molecule has 0 fully saturated rings. The largest absolute Gasteiger partial charge is 0.481 e. The van der Waals surface area contributed by atoms with Crippen molar-refractivity contribution >= 4 is 29.0 Å². The smallest absolute Gasteiger partial charge is 0.303 e. The Hall–Kier alpha value is -2.27. The zero-order valence-corrected chi connectivity index (χ0v) is 14.1. The maximum atomic E-state index is 10.6. The molecule has 2 aromatic rings. The van der Waals surface area contributed by atoms with Crippen LogP contribution in [0.3, 0.4) is 0 Å². The quantitative estimate of drug-likeness (QED) is 0.606. The highest BCUT2D eigenvalue weighted by molar-refractivity contribution is 6.31. The molecule has 0 aliphatic heterocycles. The van der Waals surface area contributed by atoms with Crippen LogP contribution < -0.4 is 5.43 Å². The fraction of sp³-hybridized carbons (Fsp3) is 0.294. The van der Waals surface area contributed by atoms with Crippen molar-refractivity contribution in [1.82, 2.24) is 0 Å². The highest BCUT2D eigenvalue weighted by atomic mass is 35.5. The van der Waals surface area contributed by atoms with E-state index in [4.69, 9.17) is 21.1 Å². The molecule has 0 aliphatic carbocycles. The highest BCUT2D eigenvalue weighted by Crippen LogP contribution is 2.21. The topological polar surface area (TPSA) is 74.8 Å². The van der Waals surface area contributed by atoms with Crippen molar-refractivity contribution in [2.45, 2.75) is 33.6 Å². The number of halogens is 1. The van der Waals surface area contributed by atoms with E-state index in [1.807, 2.05) is 45.0 Å². The van der Waals surface area contributed by atoms with Crippen LogP contribution in [-0.2, 0) is 11.2 Å². The minimum Gasteiger partial charge on any atom is -0.481 e. The lowest BCUT2D eigenvalue weighted by Gasteiger charge is -2.04. The first-order valence-electron chi connectivity index (χ1n) is 7.24. The van der Waals surface area contributed by atoms with E-state index in [1.54, 1.807) is 0 Å². The summed E-state index contributed by atoms with van der Waals surface area (Å²) in [6, 6.07) is 7.47. The normalized spacial score (nSPS) is 11.6. The van der Waals surface area contributed by atoms with E-state index >= 15 is 0 Å². The van der Waals surface area contributed by atoms with Crippen LogP contribution in [0.1, 0.15) is 36.0 Å². The Morgan fingerprint density at radius 2 is 2.09 bits per heavy atom. The van der Waals surface area contributed by atoms with Gasteiger partial charge in [-0.2, -0.15) is 5.10 Å². The van der Waals surface area contributed by atoms with Crippen molar-refractivity contribution < 1.29 is 14.3 Å². The van der Waals surface area contributed by atoms with Crippen LogP contribution in [0.5, 0.6) is 0 Å². The molecule has 0 unspecified atom stereocenters. The Morgan fingerprint density at radius 3 is 2.74 bits per heavy atom. The number of nitrogens with one attached hydrogen (secondary N) is 1. The van der Waals surface area contributed by atoms with E-state index in [2.05, 4.69) is 10.5 Å².